The number of anilines is 1. The van der Waals surface area contributed by atoms with Crippen LogP contribution in [-0.2, 0) is 4.79 Å². The van der Waals surface area contributed by atoms with Crippen molar-refractivity contribution in [2.45, 2.75) is 12.8 Å². The lowest BCUT2D eigenvalue weighted by Gasteiger charge is -2.18. The zero-order chi connectivity index (χ0) is 14.4. The Balaban J connectivity index is 2.57. The van der Waals surface area contributed by atoms with Gasteiger partial charge in [-0.2, -0.15) is 0 Å². The molecule has 5 nitrogen and oxygen atoms in total. The molecule has 0 aromatic heterocycles. The number of carbonyl (C=O) groups excluding carboxylic acids is 1. The maximum Gasteiger partial charge on any atom is 0.321 e. The molecule has 1 aromatic rings. The molecule has 0 saturated heterocycles. The molecule has 2 N–H and O–H groups in total. The molecule has 1 rings (SSSR count). The average molecular weight is 305 g/mol. The number of urea groups is 1. The maximum absolute atomic E-state index is 11.8. The summed E-state index contributed by atoms with van der Waals surface area (Å²) in [5, 5.41) is 11.8. The van der Waals surface area contributed by atoms with Crippen molar-refractivity contribution >= 4 is 40.9 Å². The highest BCUT2D eigenvalue weighted by Crippen LogP contribution is 2.29. The van der Waals surface area contributed by atoms with E-state index in [1.54, 1.807) is 25.2 Å². The van der Waals surface area contributed by atoms with E-state index in [9.17, 15) is 9.59 Å². The van der Waals surface area contributed by atoms with Crippen molar-refractivity contribution in [3.05, 3.63) is 28.2 Å². The van der Waals surface area contributed by atoms with E-state index in [1.165, 1.54) is 4.90 Å². The van der Waals surface area contributed by atoms with E-state index in [0.717, 1.165) is 0 Å². The highest BCUT2D eigenvalue weighted by molar-refractivity contribution is 6.39. The van der Waals surface area contributed by atoms with Gasteiger partial charge in [0.05, 0.1) is 15.7 Å². The number of benzene rings is 1. The van der Waals surface area contributed by atoms with Crippen LogP contribution >= 0.6 is 23.2 Å². The fourth-order valence-electron chi connectivity index (χ4n) is 1.39. The molecule has 0 aliphatic heterocycles. The Morgan fingerprint density at radius 3 is 2.42 bits per heavy atom. The molecular formula is C12H14Cl2N2O3. The summed E-state index contributed by atoms with van der Waals surface area (Å²) in [6, 6.07) is 4.53. The largest absolute Gasteiger partial charge is 0.481 e. The van der Waals surface area contributed by atoms with E-state index < -0.39 is 5.97 Å². The smallest absolute Gasteiger partial charge is 0.321 e. The molecule has 104 valence electrons. The quantitative estimate of drug-likeness (QED) is 0.876. The van der Waals surface area contributed by atoms with Crippen LogP contribution in [0.25, 0.3) is 0 Å². The summed E-state index contributed by atoms with van der Waals surface area (Å²) < 4.78 is 0. The zero-order valence-corrected chi connectivity index (χ0v) is 11.8. The molecule has 0 fully saturated rings. The number of hydrogen-bond donors (Lipinski definition) is 2. The van der Waals surface area contributed by atoms with Gasteiger partial charge in [0.2, 0.25) is 0 Å². The Hall–Kier alpha value is -1.46. The highest BCUT2D eigenvalue weighted by Gasteiger charge is 2.13. The number of amides is 2. The van der Waals surface area contributed by atoms with Gasteiger partial charge in [0.15, 0.2) is 0 Å². The minimum atomic E-state index is -0.886. The van der Waals surface area contributed by atoms with Crippen molar-refractivity contribution in [1.29, 1.82) is 0 Å². The first kappa shape index (κ1) is 15.6. The number of halogens is 2. The second kappa shape index (κ2) is 7.21. The van der Waals surface area contributed by atoms with Crippen molar-refractivity contribution in [3.63, 3.8) is 0 Å². The van der Waals surface area contributed by atoms with Gasteiger partial charge < -0.3 is 15.3 Å². The van der Waals surface area contributed by atoms with Gasteiger partial charge >= 0.3 is 12.0 Å². The Morgan fingerprint density at radius 1 is 1.32 bits per heavy atom. The maximum atomic E-state index is 11.8. The standard InChI is InChI=1S/C12H14Cl2N2O3/c1-16(7-3-6-10(17)18)12(19)15-11-8(13)4-2-5-9(11)14/h2,4-5H,3,6-7H2,1H3,(H,15,19)(H,17,18). The van der Waals surface area contributed by atoms with E-state index in [4.69, 9.17) is 28.3 Å². The van der Waals surface area contributed by atoms with Gasteiger partial charge in [-0.3, -0.25) is 4.79 Å². The first-order chi connectivity index (χ1) is 8.91. The van der Waals surface area contributed by atoms with Crippen LogP contribution in [0.5, 0.6) is 0 Å². The molecule has 0 spiro atoms. The molecule has 0 atom stereocenters. The number of para-hydroxylation sites is 1. The number of carboxylic acid groups (broad SMARTS) is 1. The molecule has 1 aromatic carbocycles. The number of hydrogen-bond acceptors (Lipinski definition) is 2. The van der Waals surface area contributed by atoms with E-state index in [-0.39, 0.29) is 12.5 Å². The third kappa shape index (κ3) is 4.96. The summed E-state index contributed by atoms with van der Waals surface area (Å²) in [4.78, 5) is 23.6. The van der Waals surface area contributed by atoms with Gasteiger partial charge in [-0.05, 0) is 18.6 Å². The summed E-state index contributed by atoms with van der Waals surface area (Å²) in [6.07, 6.45) is 0.403. The van der Waals surface area contributed by atoms with Gasteiger partial charge in [-0.15, -0.1) is 0 Å². The highest BCUT2D eigenvalue weighted by atomic mass is 35.5. The monoisotopic (exact) mass is 304 g/mol. The second-order valence-electron chi connectivity index (χ2n) is 3.95. The predicted molar refractivity (Wildman–Crippen MR) is 75.0 cm³/mol. The minimum Gasteiger partial charge on any atom is -0.481 e. The van der Waals surface area contributed by atoms with Crippen LogP contribution in [-0.4, -0.2) is 35.6 Å². The van der Waals surface area contributed by atoms with Crippen LogP contribution in [0.2, 0.25) is 10.0 Å². The third-order valence-electron chi connectivity index (χ3n) is 2.43. The third-order valence-corrected chi connectivity index (χ3v) is 3.06. The number of carboxylic acids is 1. The molecule has 0 radical (unpaired) electrons. The lowest BCUT2D eigenvalue weighted by molar-refractivity contribution is -0.137. The van der Waals surface area contributed by atoms with Crippen molar-refractivity contribution < 1.29 is 14.7 Å². The SMILES string of the molecule is CN(CCCC(=O)O)C(=O)Nc1c(Cl)cccc1Cl. The van der Waals surface area contributed by atoms with Gasteiger partial charge in [0, 0.05) is 20.0 Å². The van der Waals surface area contributed by atoms with Crippen LogP contribution in [0, 0.1) is 0 Å². The molecule has 0 unspecified atom stereocenters. The van der Waals surface area contributed by atoms with Crippen LogP contribution in [0.3, 0.4) is 0 Å². The summed E-state index contributed by atoms with van der Waals surface area (Å²) in [7, 11) is 1.57. The van der Waals surface area contributed by atoms with E-state index in [0.29, 0.717) is 28.7 Å². The van der Waals surface area contributed by atoms with Crippen LogP contribution in [0.1, 0.15) is 12.8 Å². The van der Waals surface area contributed by atoms with Crippen LogP contribution in [0.15, 0.2) is 18.2 Å². The summed E-state index contributed by atoms with van der Waals surface area (Å²) in [5.41, 5.74) is 0.348. The number of nitrogens with zero attached hydrogens (tertiary/aromatic N) is 1. The van der Waals surface area contributed by atoms with E-state index >= 15 is 0 Å². The summed E-state index contributed by atoms with van der Waals surface area (Å²) in [5.74, 6) is -0.886. The Bertz CT molecular complexity index is 460. The molecule has 2 amide bonds. The van der Waals surface area contributed by atoms with Gasteiger partial charge in [0.1, 0.15) is 0 Å². The van der Waals surface area contributed by atoms with Gasteiger partial charge in [0.25, 0.3) is 0 Å². The second-order valence-corrected chi connectivity index (χ2v) is 4.76. The van der Waals surface area contributed by atoms with Crippen molar-refractivity contribution in [2.24, 2.45) is 0 Å². The lowest BCUT2D eigenvalue weighted by Crippen LogP contribution is -2.32. The fourth-order valence-corrected chi connectivity index (χ4v) is 1.88. The van der Waals surface area contributed by atoms with Crippen molar-refractivity contribution in [2.75, 3.05) is 18.9 Å². The molecule has 19 heavy (non-hydrogen) atoms. The van der Waals surface area contributed by atoms with Crippen LogP contribution in [0.4, 0.5) is 10.5 Å². The Kier molecular flexibility index (Phi) is 5.92. The Morgan fingerprint density at radius 2 is 1.89 bits per heavy atom. The molecule has 0 aliphatic rings. The number of aliphatic carboxylic acids is 1. The topological polar surface area (TPSA) is 69.6 Å². The number of rotatable bonds is 5. The molecular weight excluding hydrogens is 291 g/mol. The minimum absolute atomic E-state index is 0.0183. The van der Waals surface area contributed by atoms with Gasteiger partial charge in [-0.25, -0.2) is 4.79 Å². The fraction of sp³-hybridized carbons (Fsp3) is 0.333. The van der Waals surface area contributed by atoms with Crippen LogP contribution < -0.4 is 5.32 Å². The molecule has 7 heteroatoms. The Labute approximate surface area is 121 Å². The summed E-state index contributed by atoms with van der Waals surface area (Å²) >= 11 is 11.9. The number of carbonyl (C=O) groups is 2. The first-order valence-corrected chi connectivity index (χ1v) is 6.35. The zero-order valence-electron chi connectivity index (χ0n) is 10.3. The average Bonchev–Trinajstić information content (AvgIpc) is 2.33. The normalized spacial score (nSPS) is 10.1. The van der Waals surface area contributed by atoms with E-state index in [1.807, 2.05) is 0 Å². The van der Waals surface area contributed by atoms with Gasteiger partial charge in [-0.1, -0.05) is 29.3 Å². The molecule has 0 bridgehead atoms. The van der Waals surface area contributed by atoms with Crippen molar-refractivity contribution in [1.82, 2.24) is 4.90 Å². The summed E-state index contributed by atoms with van der Waals surface area (Å²) in [6.45, 7) is 0.334. The predicted octanol–water partition coefficient (Wildman–Crippen LogP) is 3.32. The number of nitrogens with one attached hydrogen (secondary N) is 1. The first-order valence-electron chi connectivity index (χ1n) is 5.59. The molecule has 0 aliphatic carbocycles. The molecule has 0 saturated carbocycles. The molecule has 0 heterocycles. The lowest BCUT2D eigenvalue weighted by atomic mass is 10.3. The van der Waals surface area contributed by atoms with Crippen molar-refractivity contribution in [3.8, 4) is 0 Å². The van der Waals surface area contributed by atoms with E-state index in [2.05, 4.69) is 5.32 Å².